The average Bonchev–Trinajstić information content (AvgIpc) is 3.62. The number of rotatable bonds is 11. The lowest BCUT2D eigenvalue weighted by Gasteiger charge is -2.29. The second-order valence-electron chi connectivity index (χ2n) is 9.83. The number of nitrogens with one attached hydrogen (secondary N) is 3. The van der Waals surface area contributed by atoms with Crippen molar-refractivity contribution in [3.8, 4) is 0 Å². The molecule has 2 aliphatic carbocycles. The van der Waals surface area contributed by atoms with Gasteiger partial charge in [-0.25, -0.2) is 13.9 Å². The number of esters is 1. The highest BCUT2D eigenvalue weighted by Crippen LogP contribution is 2.31. The van der Waals surface area contributed by atoms with Crippen LogP contribution >= 0.6 is 0 Å². The number of imidazole rings is 1. The second-order valence-corrected chi connectivity index (χ2v) is 9.83. The van der Waals surface area contributed by atoms with Crippen LogP contribution in [0.2, 0.25) is 0 Å². The minimum absolute atomic E-state index is 0.0323. The summed E-state index contributed by atoms with van der Waals surface area (Å²) in [7, 11) is 1.58. The van der Waals surface area contributed by atoms with Crippen LogP contribution in [0.25, 0.3) is 5.65 Å². The van der Waals surface area contributed by atoms with Gasteiger partial charge in [0.25, 0.3) is 5.91 Å². The Bertz CT molecular complexity index is 1290. The Balaban J connectivity index is 1.27. The minimum Gasteiger partial charge on any atom is -0.463 e. The van der Waals surface area contributed by atoms with E-state index in [1.54, 1.807) is 7.11 Å². The maximum absolute atomic E-state index is 14.0. The van der Waals surface area contributed by atoms with Crippen molar-refractivity contribution in [2.75, 3.05) is 36.3 Å². The molecule has 0 atom stereocenters. The molecule has 38 heavy (non-hydrogen) atoms. The maximum atomic E-state index is 14.0. The number of carbonyl (C=O) groups excluding carboxylic acids is 2. The van der Waals surface area contributed by atoms with Crippen LogP contribution in [0.3, 0.4) is 0 Å². The molecule has 2 aliphatic rings. The zero-order valence-corrected chi connectivity index (χ0v) is 21.3. The molecule has 5 rings (SSSR count). The fourth-order valence-electron chi connectivity index (χ4n) is 4.66. The van der Waals surface area contributed by atoms with E-state index in [-0.39, 0.29) is 30.0 Å². The number of anilines is 3. The van der Waals surface area contributed by atoms with Crippen molar-refractivity contribution in [3.05, 3.63) is 42.2 Å². The summed E-state index contributed by atoms with van der Waals surface area (Å²) in [6.45, 7) is 0.682. The molecular formula is C26H32FN7O4. The predicted molar refractivity (Wildman–Crippen MR) is 139 cm³/mol. The highest BCUT2D eigenvalue weighted by Gasteiger charge is 2.27. The Hall–Kier alpha value is -3.80. The van der Waals surface area contributed by atoms with Gasteiger partial charge in [-0.15, -0.1) is 5.10 Å². The second kappa shape index (κ2) is 11.7. The molecule has 0 aliphatic heterocycles. The van der Waals surface area contributed by atoms with E-state index in [9.17, 15) is 14.0 Å². The number of nitrogens with zero attached hydrogens (tertiary/aromatic N) is 4. The van der Waals surface area contributed by atoms with Gasteiger partial charge in [0.2, 0.25) is 0 Å². The van der Waals surface area contributed by atoms with Crippen molar-refractivity contribution < 1.29 is 23.5 Å². The highest BCUT2D eigenvalue weighted by atomic mass is 19.1. The van der Waals surface area contributed by atoms with E-state index in [2.05, 4.69) is 31.0 Å². The van der Waals surface area contributed by atoms with E-state index in [0.29, 0.717) is 36.5 Å². The van der Waals surface area contributed by atoms with Gasteiger partial charge in [0.1, 0.15) is 12.4 Å². The molecule has 0 bridgehead atoms. The van der Waals surface area contributed by atoms with Crippen LogP contribution in [-0.2, 0) is 14.3 Å². The zero-order chi connectivity index (χ0) is 26.5. The molecule has 2 fully saturated rings. The molecule has 12 heteroatoms. The van der Waals surface area contributed by atoms with Gasteiger partial charge in [0, 0.05) is 37.9 Å². The van der Waals surface area contributed by atoms with Crippen LogP contribution in [0, 0.1) is 11.7 Å². The lowest BCUT2D eigenvalue weighted by molar-refractivity contribution is -0.146. The summed E-state index contributed by atoms with van der Waals surface area (Å²) in [5, 5.41) is 14.2. The molecule has 11 nitrogen and oxygen atoms in total. The fourth-order valence-corrected chi connectivity index (χ4v) is 4.66. The van der Waals surface area contributed by atoms with E-state index in [1.165, 1.54) is 23.0 Å². The summed E-state index contributed by atoms with van der Waals surface area (Å²) < 4.78 is 25.7. The molecule has 0 spiro atoms. The summed E-state index contributed by atoms with van der Waals surface area (Å²) in [4.78, 5) is 33.2. The van der Waals surface area contributed by atoms with Gasteiger partial charge >= 0.3 is 5.97 Å². The average molecular weight is 526 g/mol. The number of hydrogen-bond acceptors (Lipinski definition) is 9. The van der Waals surface area contributed by atoms with E-state index >= 15 is 0 Å². The quantitative estimate of drug-likeness (QED) is 0.254. The van der Waals surface area contributed by atoms with Crippen molar-refractivity contribution in [3.63, 3.8) is 0 Å². The van der Waals surface area contributed by atoms with Crippen LogP contribution in [0.1, 0.15) is 55.4 Å². The largest absolute Gasteiger partial charge is 0.463 e. The highest BCUT2D eigenvalue weighted by molar-refractivity contribution is 6.03. The number of methoxy groups -OCH3 is 1. The standard InChI is InChI=1S/C26H32FN7O4/c1-37-10-11-38-24(35)12-16-2-4-18(5-3-16)31-23-13-21(30-17-6-7-17)25-29-15-22(34(25)33-23)26(36)32-20-8-9-28-14-19(20)27/h8-9,13-18,30H,2-7,10-12H2,1H3,(H,31,33)(H,28,32,36). The van der Waals surface area contributed by atoms with Gasteiger partial charge in [-0.2, -0.15) is 0 Å². The lowest BCUT2D eigenvalue weighted by atomic mass is 9.84. The Kier molecular flexibility index (Phi) is 7.97. The molecule has 0 unspecified atom stereocenters. The Morgan fingerprint density at radius 2 is 1.82 bits per heavy atom. The summed E-state index contributed by atoms with van der Waals surface area (Å²) in [6, 6.07) is 3.87. The first-order chi connectivity index (χ1) is 18.5. The first kappa shape index (κ1) is 25.8. The summed E-state index contributed by atoms with van der Waals surface area (Å²) >= 11 is 0. The van der Waals surface area contributed by atoms with Gasteiger partial charge < -0.3 is 25.4 Å². The Morgan fingerprint density at radius 3 is 2.55 bits per heavy atom. The maximum Gasteiger partial charge on any atom is 0.306 e. The van der Waals surface area contributed by atoms with Crippen LogP contribution < -0.4 is 16.0 Å². The third-order valence-electron chi connectivity index (χ3n) is 6.86. The number of ether oxygens (including phenoxy) is 2. The topological polar surface area (TPSA) is 132 Å². The molecule has 1 amide bonds. The Morgan fingerprint density at radius 1 is 1.05 bits per heavy atom. The number of amides is 1. The van der Waals surface area contributed by atoms with Gasteiger partial charge in [-0.05, 0) is 50.5 Å². The van der Waals surface area contributed by atoms with Crippen molar-refractivity contribution in [2.45, 2.75) is 57.0 Å². The molecule has 3 aromatic rings. The van der Waals surface area contributed by atoms with E-state index in [4.69, 9.17) is 9.47 Å². The summed E-state index contributed by atoms with van der Waals surface area (Å²) in [5.41, 5.74) is 1.53. The molecule has 2 saturated carbocycles. The number of pyridine rings is 1. The summed E-state index contributed by atoms with van der Waals surface area (Å²) in [5.74, 6) is -0.422. The van der Waals surface area contributed by atoms with E-state index in [0.717, 1.165) is 50.4 Å². The van der Waals surface area contributed by atoms with Crippen LogP contribution in [0.4, 0.5) is 21.6 Å². The molecule has 0 saturated heterocycles. The van der Waals surface area contributed by atoms with E-state index in [1.807, 2.05) is 6.07 Å². The third kappa shape index (κ3) is 6.36. The van der Waals surface area contributed by atoms with Crippen LogP contribution in [0.15, 0.2) is 30.7 Å². The summed E-state index contributed by atoms with van der Waals surface area (Å²) in [6.07, 6.45) is 10.0. The van der Waals surface area contributed by atoms with Gasteiger partial charge in [0.15, 0.2) is 17.2 Å². The number of fused-ring (bicyclic) bond motifs is 1. The smallest absolute Gasteiger partial charge is 0.306 e. The number of hydrogen-bond donors (Lipinski definition) is 3. The zero-order valence-electron chi connectivity index (χ0n) is 21.3. The van der Waals surface area contributed by atoms with Crippen molar-refractivity contribution in [1.29, 1.82) is 0 Å². The normalized spacial score (nSPS) is 19.2. The van der Waals surface area contributed by atoms with Crippen LogP contribution in [0.5, 0.6) is 0 Å². The number of aromatic nitrogens is 4. The molecule has 3 N–H and O–H groups in total. The minimum atomic E-state index is -0.625. The first-order valence-electron chi connectivity index (χ1n) is 13.0. The third-order valence-corrected chi connectivity index (χ3v) is 6.86. The van der Waals surface area contributed by atoms with Crippen molar-refractivity contribution in [2.24, 2.45) is 5.92 Å². The molecule has 0 aromatic carbocycles. The van der Waals surface area contributed by atoms with Gasteiger partial charge in [-0.3, -0.25) is 14.6 Å². The molecule has 202 valence electrons. The Labute approximate surface area is 219 Å². The monoisotopic (exact) mass is 525 g/mol. The fraction of sp³-hybridized carbons (Fsp3) is 0.500. The van der Waals surface area contributed by atoms with Crippen LogP contribution in [-0.4, -0.2) is 63.9 Å². The van der Waals surface area contributed by atoms with E-state index < -0.39 is 11.7 Å². The molecular weight excluding hydrogens is 493 g/mol. The number of carbonyl (C=O) groups is 2. The number of halogens is 1. The first-order valence-corrected chi connectivity index (χ1v) is 13.0. The molecule has 0 radical (unpaired) electrons. The molecule has 3 aromatic heterocycles. The molecule has 3 heterocycles. The van der Waals surface area contributed by atoms with Gasteiger partial charge in [0.05, 0.1) is 30.4 Å². The van der Waals surface area contributed by atoms with Crippen molar-refractivity contribution >= 4 is 34.7 Å². The predicted octanol–water partition coefficient (Wildman–Crippen LogP) is 3.64. The SMILES string of the molecule is COCCOC(=O)CC1CCC(Nc2cc(NC3CC3)c3ncc(C(=O)Nc4ccncc4F)n3n2)CC1. The lowest BCUT2D eigenvalue weighted by Crippen LogP contribution is -2.28. The van der Waals surface area contributed by atoms with Gasteiger partial charge in [-0.1, -0.05) is 0 Å². The van der Waals surface area contributed by atoms with Crippen molar-refractivity contribution in [1.82, 2.24) is 19.6 Å².